The van der Waals surface area contributed by atoms with Crippen LogP contribution in [0.3, 0.4) is 0 Å². The number of ether oxygens (including phenoxy) is 2. The van der Waals surface area contributed by atoms with E-state index in [-0.39, 0.29) is 29.3 Å². The van der Waals surface area contributed by atoms with Crippen molar-refractivity contribution in [2.75, 3.05) is 19.3 Å². The number of piperidine rings is 1. The molecule has 0 N–H and O–H groups in total. The van der Waals surface area contributed by atoms with E-state index in [1.54, 1.807) is 17.9 Å². The standard InChI is InChI=1S/C22H25FN2O5S/c1-15(2)30-22(26)25-11-9-16(10-12-25)20-6-4-5-17(24-20)14-29-21-8-7-18(13-19(21)23)31(3,27)28/h4-8,13,16H,1,9-12,14H2,2-3H3. The first-order valence-electron chi connectivity index (χ1n) is 9.84. The lowest BCUT2D eigenvalue weighted by Gasteiger charge is -2.31. The molecule has 2 heterocycles. The summed E-state index contributed by atoms with van der Waals surface area (Å²) >= 11 is 0. The quantitative estimate of drug-likeness (QED) is 0.620. The molecule has 0 spiro atoms. The molecule has 0 atom stereocenters. The highest BCUT2D eigenvalue weighted by molar-refractivity contribution is 7.90. The molecule has 9 heteroatoms. The highest BCUT2D eigenvalue weighted by Gasteiger charge is 2.25. The molecule has 0 aliphatic carbocycles. The van der Waals surface area contributed by atoms with Gasteiger partial charge in [0.05, 0.1) is 16.3 Å². The maximum absolute atomic E-state index is 14.2. The molecule has 1 aromatic carbocycles. The molecule has 1 aliphatic rings. The average Bonchev–Trinajstić information content (AvgIpc) is 2.72. The molecular formula is C22H25FN2O5S. The molecule has 1 fully saturated rings. The number of amides is 1. The van der Waals surface area contributed by atoms with E-state index in [1.165, 1.54) is 12.1 Å². The molecule has 0 unspecified atom stereocenters. The van der Waals surface area contributed by atoms with Gasteiger partial charge in [0.15, 0.2) is 21.4 Å². The van der Waals surface area contributed by atoms with Crippen LogP contribution < -0.4 is 4.74 Å². The topological polar surface area (TPSA) is 85.8 Å². The Kier molecular flexibility index (Phi) is 6.94. The Morgan fingerprint density at radius 2 is 1.97 bits per heavy atom. The van der Waals surface area contributed by atoms with Crippen molar-refractivity contribution in [2.24, 2.45) is 0 Å². The number of carbonyl (C=O) groups is 1. The zero-order valence-corrected chi connectivity index (χ0v) is 18.3. The van der Waals surface area contributed by atoms with Crippen LogP contribution in [0.25, 0.3) is 0 Å². The smallest absolute Gasteiger partial charge is 0.414 e. The Morgan fingerprint density at radius 1 is 1.26 bits per heavy atom. The van der Waals surface area contributed by atoms with Gasteiger partial charge in [-0.05, 0) is 50.1 Å². The largest absolute Gasteiger partial charge is 0.484 e. The van der Waals surface area contributed by atoms with E-state index in [9.17, 15) is 17.6 Å². The van der Waals surface area contributed by atoms with Crippen LogP contribution in [0.15, 0.2) is 53.6 Å². The fraction of sp³-hybridized carbons (Fsp3) is 0.364. The molecule has 0 saturated carbocycles. The lowest BCUT2D eigenvalue weighted by Crippen LogP contribution is -2.38. The summed E-state index contributed by atoms with van der Waals surface area (Å²) in [5.41, 5.74) is 1.52. The molecule has 1 aliphatic heterocycles. The van der Waals surface area contributed by atoms with Crippen LogP contribution in [-0.4, -0.2) is 43.7 Å². The van der Waals surface area contributed by atoms with E-state index < -0.39 is 15.7 Å². The lowest BCUT2D eigenvalue weighted by atomic mass is 9.93. The normalized spacial score (nSPS) is 14.9. The first-order valence-corrected chi connectivity index (χ1v) is 11.7. The minimum Gasteiger partial charge on any atom is -0.484 e. The zero-order chi connectivity index (χ0) is 22.6. The molecule has 2 aromatic rings. The molecule has 7 nitrogen and oxygen atoms in total. The third-order valence-electron chi connectivity index (χ3n) is 4.97. The Labute approximate surface area is 181 Å². The molecule has 0 radical (unpaired) electrons. The van der Waals surface area contributed by atoms with Crippen LogP contribution in [0.1, 0.15) is 37.1 Å². The summed E-state index contributed by atoms with van der Waals surface area (Å²) in [6.07, 6.45) is 2.14. The van der Waals surface area contributed by atoms with Gasteiger partial charge in [-0.25, -0.2) is 17.6 Å². The van der Waals surface area contributed by atoms with Gasteiger partial charge in [-0.15, -0.1) is 0 Å². The van der Waals surface area contributed by atoms with Gasteiger partial charge in [-0.2, -0.15) is 0 Å². The second-order valence-corrected chi connectivity index (χ2v) is 9.55. The van der Waals surface area contributed by atoms with Crippen LogP contribution in [0.4, 0.5) is 9.18 Å². The molecule has 1 amide bonds. The van der Waals surface area contributed by atoms with Gasteiger partial charge < -0.3 is 14.4 Å². The van der Waals surface area contributed by atoms with Crippen molar-refractivity contribution in [2.45, 2.75) is 37.2 Å². The minimum absolute atomic E-state index is 0.0380. The Morgan fingerprint density at radius 3 is 2.58 bits per heavy atom. The highest BCUT2D eigenvalue weighted by atomic mass is 32.2. The van der Waals surface area contributed by atoms with Crippen LogP contribution in [-0.2, 0) is 21.2 Å². The highest BCUT2D eigenvalue weighted by Crippen LogP contribution is 2.28. The number of pyridine rings is 1. The monoisotopic (exact) mass is 448 g/mol. The maximum atomic E-state index is 14.2. The molecule has 1 aromatic heterocycles. The molecule has 31 heavy (non-hydrogen) atoms. The molecule has 166 valence electrons. The van der Waals surface area contributed by atoms with E-state index >= 15 is 0 Å². The van der Waals surface area contributed by atoms with E-state index in [2.05, 4.69) is 11.6 Å². The van der Waals surface area contributed by atoms with Crippen LogP contribution in [0.5, 0.6) is 5.75 Å². The number of likely N-dealkylation sites (tertiary alicyclic amines) is 1. The summed E-state index contributed by atoms with van der Waals surface area (Å²) < 4.78 is 47.8. The van der Waals surface area contributed by atoms with Crippen molar-refractivity contribution in [3.8, 4) is 5.75 Å². The fourth-order valence-corrected chi connectivity index (χ4v) is 3.99. The van der Waals surface area contributed by atoms with Crippen LogP contribution in [0, 0.1) is 5.82 Å². The summed E-state index contributed by atoms with van der Waals surface area (Å²) in [6.45, 7) is 6.39. The first-order chi connectivity index (χ1) is 14.6. The number of rotatable bonds is 6. The van der Waals surface area contributed by atoms with Gasteiger partial charge in [0.2, 0.25) is 0 Å². The summed E-state index contributed by atoms with van der Waals surface area (Å²) in [5, 5.41) is 0. The Balaban J connectivity index is 1.60. The predicted octanol–water partition coefficient (Wildman–Crippen LogP) is 4.05. The first kappa shape index (κ1) is 22.7. The zero-order valence-electron chi connectivity index (χ0n) is 17.5. The van der Waals surface area contributed by atoms with Gasteiger partial charge in [0.25, 0.3) is 0 Å². The number of halogens is 1. The number of aromatic nitrogens is 1. The maximum Gasteiger partial charge on any atom is 0.414 e. The number of sulfone groups is 1. The predicted molar refractivity (Wildman–Crippen MR) is 113 cm³/mol. The Bertz CT molecular complexity index is 1080. The molecule has 0 bridgehead atoms. The third kappa shape index (κ3) is 6.04. The minimum atomic E-state index is -3.49. The van der Waals surface area contributed by atoms with E-state index in [1.807, 2.05) is 12.1 Å². The number of allylic oxidation sites excluding steroid dienone is 1. The number of nitrogens with zero attached hydrogens (tertiary/aromatic N) is 2. The Hall–Kier alpha value is -2.94. The summed E-state index contributed by atoms with van der Waals surface area (Å²) in [5.74, 6) is -0.222. The van der Waals surface area contributed by atoms with Gasteiger partial charge in [0.1, 0.15) is 6.61 Å². The van der Waals surface area contributed by atoms with Gasteiger partial charge in [-0.1, -0.05) is 12.6 Å². The number of hydrogen-bond donors (Lipinski definition) is 0. The molecular weight excluding hydrogens is 423 g/mol. The van der Waals surface area contributed by atoms with Gasteiger partial charge >= 0.3 is 6.09 Å². The molecule has 3 rings (SSSR count). The second-order valence-electron chi connectivity index (χ2n) is 7.54. The summed E-state index contributed by atoms with van der Waals surface area (Å²) in [7, 11) is -3.49. The SMILES string of the molecule is C=C(C)OC(=O)N1CCC(c2cccc(COc3ccc(S(C)(=O)=O)cc3F)n2)CC1. The third-order valence-corrected chi connectivity index (χ3v) is 6.08. The van der Waals surface area contributed by atoms with Crippen molar-refractivity contribution in [3.63, 3.8) is 0 Å². The van der Waals surface area contributed by atoms with Crippen molar-refractivity contribution >= 4 is 15.9 Å². The van der Waals surface area contributed by atoms with Crippen molar-refractivity contribution in [1.82, 2.24) is 9.88 Å². The van der Waals surface area contributed by atoms with E-state index in [0.717, 1.165) is 30.9 Å². The van der Waals surface area contributed by atoms with E-state index in [0.29, 0.717) is 24.5 Å². The number of carbonyl (C=O) groups excluding carboxylic acids is 1. The number of benzene rings is 1. The fourth-order valence-electron chi connectivity index (χ4n) is 3.36. The van der Waals surface area contributed by atoms with E-state index in [4.69, 9.17) is 9.47 Å². The second kappa shape index (κ2) is 9.47. The van der Waals surface area contributed by atoms with Crippen LogP contribution >= 0.6 is 0 Å². The molecule has 1 saturated heterocycles. The van der Waals surface area contributed by atoms with Crippen molar-refractivity contribution in [3.05, 3.63) is 65.9 Å². The van der Waals surface area contributed by atoms with Gasteiger partial charge in [-0.3, -0.25) is 4.98 Å². The average molecular weight is 449 g/mol. The van der Waals surface area contributed by atoms with Crippen LogP contribution in [0.2, 0.25) is 0 Å². The number of hydrogen-bond acceptors (Lipinski definition) is 6. The lowest BCUT2D eigenvalue weighted by molar-refractivity contribution is 0.117. The summed E-state index contributed by atoms with van der Waals surface area (Å²) in [4.78, 5) is 18.2. The van der Waals surface area contributed by atoms with Crippen molar-refractivity contribution < 1.29 is 27.1 Å². The van der Waals surface area contributed by atoms with Crippen molar-refractivity contribution in [1.29, 1.82) is 0 Å². The van der Waals surface area contributed by atoms with Gasteiger partial charge in [0, 0.05) is 31.0 Å². The summed E-state index contributed by atoms with van der Waals surface area (Å²) in [6, 6.07) is 9.13.